The van der Waals surface area contributed by atoms with Crippen molar-refractivity contribution < 1.29 is 19.0 Å². The monoisotopic (exact) mass is 460 g/mol. The molecule has 0 bridgehead atoms. The van der Waals surface area contributed by atoms with Gasteiger partial charge in [-0.25, -0.2) is 4.39 Å². The molecule has 0 amide bonds. The number of likely N-dealkylation sites (tertiary alicyclic amines) is 1. The van der Waals surface area contributed by atoms with Crippen molar-refractivity contribution in [1.82, 2.24) is 9.88 Å². The van der Waals surface area contributed by atoms with Gasteiger partial charge in [0.25, 0.3) is 0 Å². The van der Waals surface area contributed by atoms with Crippen LogP contribution in [0.1, 0.15) is 50.3 Å². The van der Waals surface area contributed by atoms with Gasteiger partial charge in [-0.1, -0.05) is 0 Å². The second kappa shape index (κ2) is 10.8. The van der Waals surface area contributed by atoms with E-state index in [1.807, 2.05) is 18.2 Å². The molecule has 174 valence electrons. The smallest absolute Gasteiger partial charge is 0.308 e. The maximum Gasteiger partial charge on any atom is 0.308 e. The molecule has 2 heterocycles. The zero-order valence-electron chi connectivity index (χ0n) is 18.7. The molecule has 1 N–H and O–H groups in total. The van der Waals surface area contributed by atoms with Gasteiger partial charge < -0.3 is 14.7 Å². The van der Waals surface area contributed by atoms with Crippen molar-refractivity contribution in [3.8, 4) is 5.75 Å². The molecule has 4 rings (SSSR count). The van der Waals surface area contributed by atoms with Crippen LogP contribution in [0.5, 0.6) is 5.75 Å². The maximum atomic E-state index is 15.3. The van der Waals surface area contributed by atoms with Crippen LogP contribution in [0.15, 0.2) is 30.5 Å². The van der Waals surface area contributed by atoms with Gasteiger partial charge in [-0.05, 0) is 93.1 Å². The summed E-state index contributed by atoms with van der Waals surface area (Å²) in [6.07, 6.45) is 6.04. The average Bonchev–Trinajstić information content (AvgIpc) is 3.64. The fraction of sp³-hybridized carbons (Fsp3) is 0.600. The maximum absolute atomic E-state index is 15.3. The number of aromatic nitrogens is 1. The van der Waals surface area contributed by atoms with E-state index in [0.717, 1.165) is 47.8 Å². The van der Waals surface area contributed by atoms with Crippen LogP contribution in [0.3, 0.4) is 0 Å². The van der Waals surface area contributed by atoms with Crippen molar-refractivity contribution in [3.63, 3.8) is 0 Å². The lowest BCUT2D eigenvalue weighted by atomic mass is 9.81. The van der Waals surface area contributed by atoms with Crippen molar-refractivity contribution >= 4 is 28.6 Å². The summed E-state index contributed by atoms with van der Waals surface area (Å²) in [5.41, 5.74) is 1.34. The molecule has 0 spiro atoms. The molecule has 32 heavy (non-hydrogen) atoms. The number of carbonyl (C=O) groups is 1. The molecular formula is C25H33FN2O3S. The van der Waals surface area contributed by atoms with Gasteiger partial charge in [0.2, 0.25) is 0 Å². The number of carboxylic acids is 1. The minimum atomic E-state index is -1.15. The fourth-order valence-electron chi connectivity index (χ4n) is 4.73. The number of carboxylic acid groups (broad SMARTS) is 1. The largest absolute Gasteiger partial charge is 0.497 e. The summed E-state index contributed by atoms with van der Waals surface area (Å²) < 4.78 is 20.6. The molecule has 1 aromatic carbocycles. The SMILES string of the molecule is COc1ccc2nccc([C@@H](F)CC[C@@H]3CCN(CCCSC4CC4)C[C@@H]3C(=O)O)c2c1. The number of thioether (sulfide) groups is 1. The van der Waals surface area contributed by atoms with E-state index in [1.165, 1.54) is 12.8 Å². The zero-order chi connectivity index (χ0) is 22.5. The molecule has 1 aromatic heterocycles. The Bertz CT molecular complexity index is 923. The van der Waals surface area contributed by atoms with Gasteiger partial charge in [0, 0.05) is 23.4 Å². The molecule has 2 aliphatic rings. The van der Waals surface area contributed by atoms with Gasteiger partial charge >= 0.3 is 5.97 Å². The number of fused-ring (bicyclic) bond motifs is 1. The van der Waals surface area contributed by atoms with Crippen molar-refractivity contribution in [1.29, 1.82) is 0 Å². The molecule has 2 aromatic rings. The van der Waals surface area contributed by atoms with E-state index in [9.17, 15) is 9.90 Å². The third-order valence-electron chi connectivity index (χ3n) is 6.76. The number of hydrogen-bond donors (Lipinski definition) is 1. The van der Waals surface area contributed by atoms with E-state index in [2.05, 4.69) is 21.6 Å². The number of alkyl halides is 1. The molecule has 1 aliphatic carbocycles. The van der Waals surface area contributed by atoms with Crippen LogP contribution in [0.4, 0.5) is 4.39 Å². The highest BCUT2D eigenvalue weighted by Crippen LogP contribution is 2.36. The Hall–Kier alpha value is -1.86. The van der Waals surface area contributed by atoms with E-state index in [4.69, 9.17) is 4.74 Å². The normalized spacial score (nSPS) is 22.7. The number of piperidine rings is 1. The molecule has 7 heteroatoms. The van der Waals surface area contributed by atoms with E-state index in [0.29, 0.717) is 30.7 Å². The van der Waals surface area contributed by atoms with Crippen LogP contribution in [0, 0.1) is 11.8 Å². The summed E-state index contributed by atoms with van der Waals surface area (Å²) in [6, 6.07) is 7.21. The number of ether oxygens (including phenoxy) is 1. The number of nitrogens with zero attached hydrogens (tertiary/aromatic N) is 2. The van der Waals surface area contributed by atoms with Gasteiger partial charge in [-0.3, -0.25) is 9.78 Å². The molecule has 3 atom stereocenters. The quantitative estimate of drug-likeness (QED) is 0.457. The number of halogens is 1. The number of hydrogen-bond acceptors (Lipinski definition) is 5. The number of aliphatic carboxylic acids is 1. The third kappa shape index (κ3) is 5.93. The molecule has 0 unspecified atom stereocenters. The van der Waals surface area contributed by atoms with Gasteiger partial charge in [-0.2, -0.15) is 11.8 Å². The highest BCUT2D eigenvalue weighted by atomic mass is 32.2. The van der Waals surface area contributed by atoms with Gasteiger partial charge in [0.05, 0.1) is 18.5 Å². The van der Waals surface area contributed by atoms with Crippen LogP contribution in [0.25, 0.3) is 10.9 Å². The standard InChI is InChI=1S/C25H33FN2O3S/c1-31-18-4-8-24-21(15-18)20(9-11-27-24)23(26)7-3-17-10-13-28(16-22(17)25(29)30)12-2-14-32-19-5-6-19/h4,8-9,11,15,17,19,22-23H,2-3,5-7,10,12-14,16H2,1H3,(H,29,30)/t17-,22+,23+/m1/s1. The van der Waals surface area contributed by atoms with Gasteiger partial charge in [0.1, 0.15) is 11.9 Å². The van der Waals surface area contributed by atoms with Crippen molar-refractivity contribution in [2.75, 3.05) is 32.5 Å². The lowest BCUT2D eigenvalue weighted by Gasteiger charge is -2.36. The second-order valence-electron chi connectivity index (χ2n) is 9.05. The Morgan fingerprint density at radius 3 is 2.94 bits per heavy atom. The summed E-state index contributed by atoms with van der Waals surface area (Å²) >= 11 is 2.05. The summed E-state index contributed by atoms with van der Waals surface area (Å²) in [7, 11) is 1.59. The van der Waals surface area contributed by atoms with E-state index in [-0.39, 0.29) is 5.92 Å². The lowest BCUT2D eigenvalue weighted by Crippen LogP contribution is -2.44. The zero-order valence-corrected chi connectivity index (χ0v) is 19.5. The van der Waals surface area contributed by atoms with Crippen molar-refractivity contribution in [3.05, 3.63) is 36.0 Å². The number of methoxy groups -OCH3 is 1. The van der Waals surface area contributed by atoms with Crippen LogP contribution < -0.4 is 4.74 Å². The summed E-state index contributed by atoms with van der Waals surface area (Å²) in [4.78, 5) is 18.6. The average molecular weight is 461 g/mol. The molecule has 2 fully saturated rings. The van der Waals surface area contributed by atoms with Crippen molar-refractivity contribution in [2.24, 2.45) is 11.8 Å². The number of benzene rings is 1. The molecule has 0 radical (unpaired) electrons. The number of rotatable bonds is 11. The Kier molecular flexibility index (Phi) is 7.89. The fourth-order valence-corrected chi connectivity index (χ4v) is 5.83. The summed E-state index contributed by atoms with van der Waals surface area (Å²) in [5.74, 6) is 0.692. The molecular weight excluding hydrogens is 427 g/mol. The minimum absolute atomic E-state index is 0.0190. The molecule has 5 nitrogen and oxygen atoms in total. The number of pyridine rings is 1. The van der Waals surface area contributed by atoms with E-state index < -0.39 is 18.1 Å². The highest BCUT2D eigenvalue weighted by molar-refractivity contribution is 8.00. The Balaban J connectivity index is 1.33. The predicted molar refractivity (Wildman–Crippen MR) is 127 cm³/mol. The van der Waals surface area contributed by atoms with E-state index >= 15 is 4.39 Å². The van der Waals surface area contributed by atoms with Crippen LogP contribution in [0.2, 0.25) is 0 Å². The molecule has 1 aliphatic heterocycles. The van der Waals surface area contributed by atoms with Crippen LogP contribution in [-0.4, -0.2) is 58.7 Å². The van der Waals surface area contributed by atoms with Crippen LogP contribution in [-0.2, 0) is 4.79 Å². The summed E-state index contributed by atoms with van der Waals surface area (Å²) in [5, 5.41) is 11.4. The Labute approximate surface area is 193 Å². The van der Waals surface area contributed by atoms with Crippen LogP contribution >= 0.6 is 11.8 Å². The highest BCUT2D eigenvalue weighted by Gasteiger charge is 2.34. The van der Waals surface area contributed by atoms with E-state index in [1.54, 1.807) is 19.4 Å². The third-order valence-corrected chi connectivity index (χ3v) is 8.23. The molecule has 1 saturated heterocycles. The second-order valence-corrected chi connectivity index (χ2v) is 10.5. The lowest BCUT2D eigenvalue weighted by molar-refractivity contribution is -0.146. The first-order chi connectivity index (χ1) is 15.5. The van der Waals surface area contributed by atoms with Gasteiger partial charge in [-0.15, -0.1) is 0 Å². The van der Waals surface area contributed by atoms with Crippen molar-refractivity contribution in [2.45, 2.75) is 49.9 Å². The minimum Gasteiger partial charge on any atom is -0.497 e. The topological polar surface area (TPSA) is 62.7 Å². The Morgan fingerprint density at radius 1 is 1.34 bits per heavy atom. The Morgan fingerprint density at radius 2 is 2.19 bits per heavy atom. The van der Waals surface area contributed by atoms with Gasteiger partial charge in [0.15, 0.2) is 0 Å². The predicted octanol–water partition coefficient (Wildman–Crippen LogP) is 5.34. The summed E-state index contributed by atoms with van der Waals surface area (Å²) in [6.45, 7) is 2.46. The molecule has 1 saturated carbocycles. The first kappa shape index (κ1) is 23.3. The first-order valence-corrected chi connectivity index (χ1v) is 12.7. The first-order valence-electron chi connectivity index (χ1n) is 11.7.